The summed E-state index contributed by atoms with van der Waals surface area (Å²) >= 11 is 0. The number of fused-ring (bicyclic) bond motifs is 1. The van der Waals surface area contributed by atoms with Gasteiger partial charge in [0.25, 0.3) is 0 Å². The third-order valence-electron chi connectivity index (χ3n) is 5.15. The van der Waals surface area contributed by atoms with Gasteiger partial charge in [-0.05, 0) is 49.6 Å². The number of rotatable bonds is 5. The largest absolute Gasteiger partial charge is 0.454 e. The molecule has 0 spiro atoms. The molecule has 1 amide bonds. The summed E-state index contributed by atoms with van der Waals surface area (Å²) in [7, 11) is 0. The van der Waals surface area contributed by atoms with Crippen molar-refractivity contribution in [2.24, 2.45) is 0 Å². The van der Waals surface area contributed by atoms with Crippen LogP contribution in [0.4, 0.5) is 0 Å². The lowest BCUT2D eigenvalue weighted by Gasteiger charge is -2.25. The maximum Gasteiger partial charge on any atom is 0.237 e. The molecule has 0 aliphatic carbocycles. The van der Waals surface area contributed by atoms with Gasteiger partial charge < -0.3 is 14.8 Å². The van der Waals surface area contributed by atoms with Gasteiger partial charge in [0, 0.05) is 6.54 Å². The number of carbonyl (C=O) groups excluding carboxylic acids is 1. The first-order valence-corrected chi connectivity index (χ1v) is 9.18. The van der Waals surface area contributed by atoms with Crippen LogP contribution in [0.15, 0.2) is 48.5 Å². The highest BCUT2D eigenvalue weighted by molar-refractivity contribution is 5.82. The average molecular weight is 352 g/mol. The topological polar surface area (TPSA) is 50.8 Å². The lowest BCUT2D eigenvalue weighted by Crippen LogP contribution is -2.43. The first-order chi connectivity index (χ1) is 12.7. The molecule has 0 radical (unpaired) electrons. The maximum absolute atomic E-state index is 12.9. The van der Waals surface area contributed by atoms with E-state index < -0.39 is 0 Å². The quantitative estimate of drug-likeness (QED) is 0.897. The third kappa shape index (κ3) is 3.53. The molecule has 1 N–H and O–H groups in total. The van der Waals surface area contributed by atoms with Crippen LogP contribution in [-0.4, -0.2) is 30.2 Å². The maximum atomic E-state index is 12.9. The molecule has 1 fully saturated rings. The Labute approximate surface area is 153 Å². The summed E-state index contributed by atoms with van der Waals surface area (Å²) in [6, 6.07) is 16.0. The zero-order valence-corrected chi connectivity index (χ0v) is 15.0. The minimum atomic E-state index is -0.0730. The molecule has 4 rings (SSSR count). The molecule has 2 aliphatic rings. The van der Waals surface area contributed by atoms with Crippen LogP contribution in [0.2, 0.25) is 0 Å². The number of nitrogens with one attached hydrogen (secondary N) is 1. The van der Waals surface area contributed by atoms with Gasteiger partial charge in [-0.25, -0.2) is 0 Å². The molecule has 2 atom stereocenters. The fourth-order valence-electron chi connectivity index (χ4n) is 3.71. The Balaban J connectivity index is 1.40. The molecule has 2 aliphatic heterocycles. The van der Waals surface area contributed by atoms with E-state index in [1.54, 1.807) is 0 Å². The normalized spacial score (nSPS) is 20.1. The van der Waals surface area contributed by atoms with E-state index in [1.807, 2.05) is 43.3 Å². The molecule has 5 nitrogen and oxygen atoms in total. The smallest absolute Gasteiger partial charge is 0.237 e. The molecule has 2 aromatic carbocycles. The Morgan fingerprint density at radius 2 is 2.00 bits per heavy atom. The van der Waals surface area contributed by atoms with Gasteiger partial charge in [-0.3, -0.25) is 9.69 Å². The molecule has 2 unspecified atom stereocenters. The number of ether oxygens (including phenoxy) is 2. The number of hydrogen-bond donors (Lipinski definition) is 1. The minimum absolute atomic E-state index is 0.0633. The molecule has 0 bridgehead atoms. The fraction of sp³-hybridized carbons (Fsp3) is 0.381. The first-order valence-electron chi connectivity index (χ1n) is 9.18. The van der Waals surface area contributed by atoms with Crippen LogP contribution in [0.3, 0.4) is 0 Å². The zero-order valence-electron chi connectivity index (χ0n) is 15.0. The fourth-order valence-corrected chi connectivity index (χ4v) is 3.71. The van der Waals surface area contributed by atoms with Gasteiger partial charge in [-0.1, -0.05) is 36.4 Å². The van der Waals surface area contributed by atoms with Crippen molar-refractivity contribution in [3.05, 3.63) is 59.7 Å². The Morgan fingerprint density at radius 3 is 2.85 bits per heavy atom. The van der Waals surface area contributed by atoms with Crippen molar-refractivity contribution < 1.29 is 14.3 Å². The Bertz CT molecular complexity index is 778. The van der Waals surface area contributed by atoms with Crippen LogP contribution in [0.1, 0.15) is 36.9 Å². The molecule has 26 heavy (non-hydrogen) atoms. The highest BCUT2D eigenvalue weighted by atomic mass is 16.7. The summed E-state index contributed by atoms with van der Waals surface area (Å²) in [5.41, 5.74) is 2.27. The van der Waals surface area contributed by atoms with Gasteiger partial charge >= 0.3 is 0 Å². The zero-order chi connectivity index (χ0) is 17.9. The number of benzene rings is 2. The summed E-state index contributed by atoms with van der Waals surface area (Å²) in [4.78, 5) is 15.1. The lowest BCUT2D eigenvalue weighted by atomic mass is 10.1. The monoisotopic (exact) mass is 352 g/mol. The van der Waals surface area contributed by atoms with E-state index in [0.29, 0.717) is 0 Å². The van der Waals surface area contributed by atoms with Gasteiger partial charge in [-0.15, -0.1) is 0 Å². The van der Waals surface area contributed by atoms with Gasteiger partial charge in [-0.2, -0.15) is 0 Å². The number of carbonyl (C=O) groups is 1. The van der Waals surface area contributed by atoms with Crippen molar-refractivity contribution in [1.82, 2.24) is 10.2 Å². The van der Waals surface area contributed by atoms with Gasteiger partial charge in [0.05, 0.1) is 12.1 Å². The first kappa shape index (κ1) is 16.9. The lowest BCUT2D eigenvalue weighted by molar-refractivity contribution is -0.126. The van der Waals surface area contributed by atoms with Crippen molar-refractivity contribution in [2.75, 3.05) is 13.3 Å². The standard InChI is InChI=1S/C21H24N2O3/c1-15(17-9-10-19-20(12-17)26-14-25-19)22-21(24)18-8-5-11-23(18)13-16-6-3-2-4-7-16/h2-4,6-7,9-10,12,15,18H,5,8,11,13-14H2,1H3,(H,22,24). The van der Waals surface area contributed by atoms with Crippen LogP contribution in [0.5, 0.6) is 11.5 Å². The molecule has 0 saturated carbocycles. The van der Waals surface area contributed by atoms with Crippen LogP contribution in [0.25, 0.3) is 0 Å². The van der Waals surface area contributed by atoms with E-state index >= 15 is 0 Å². The minimum Gasteiger partial charge on any atom is -0.454 e. The predicted octanol–water partition coefficient (Wildman–Crippen LogP) is 3.26. The second-order valence-corrected chi connectivity index (χ2v) is 6.96. The van der Waals surface area contributed by atoms with Crippen molar-refractivity contribution in [3.63, 3.8) is 0 Å². The highest BCUT2D eigenvalue weighted by Gasteiger charge is 2.31. The number of nitrogens with zero attached hydrogens (tertiary/aromatic N) is 1. The van der Waals surface area contributed by atoms with E-state index in [2.05, 4.69) is 22.3 Å². The number of amides is 1. The Hall–Kier alpha value is -2.53. The molecular formula is C21H24N2O3. The average Bonchev–Trinajstić information content (AvgIpc) is 3.30. The van der Waals surface area contributed by atoms with E-state index in [-0.39, 0.29) is 24.8 Å². The van der Waals surface area contributed by atoms with E-state index in [4.69, 9.17) is 9.47 Å². The molecule has 0 aromatic heterocycles. The molecule has 2 aromatic rings. The Kier molecular flexibility index (Phi) is 4.80. The summed E-state index contributed by atoms with van der Waals surface area (Å²) in [6.07, 6.45) is 1.97. The molecule has 2 heterocycles. The SMILES string of the molecule is CC(NC(=O)C1CCCN1Cc1ccccc1)c1ccc2c(c1)OCO2. The third-order valence-corrected chi connectivity index (χ3v) is 5.15. The predicted molar refractivity (Wildman–Crippen MR) is 99.0 cm³/mol. The van der Waals surface area contributed by atoms with E-state index in [0.717, 1.165) is 43.0 Å². The van der Waals surface area contributed by atoms with Crippen LogP contribution < -0.4 is 14.8 Å². The second-order valence-electron chi connectivity index (χ2n) is 6.96. The van der Waals surface area contributed by atoms with Crippen LogP contribution in [-0.2, 0) is 11.3 Å². The summed E-state index contributed by atoms with van der Waals surface area (Å²) in [5, 5.41) is 3.17. The summed E-state index contributed by atoms with van der Waals surface area (Å²) < 4.78 is 10.8. The van der Waals surface area contributed by atoms with E-state index in [1.165, 1.54) is 5.56 Å². The van der Waals surface area contributed by atoms with Crippen molar-refractivity contribution >= 4 is 5.91 Å². The highest BCUT2D eigenvalue weighted by Crippen LogP contribution is 2.34. The van der Waals surface area contributed by atoms with Gasteiger partial charge in [0.1, 0.15) is 0 Å². The van der Waals surface area contributed by atoms with Crippen LogP contribution in [0, 0.1) is 0 Å². The van der Waals surface area contributed by atoms with Gasteiger partial charge in [0.2, 0.25) is 12.7 Å². The summed E-state index contributed by atoms with van der Waals surface area (Å²) in [5.74, 6) is 1.61. The van der Waals surface area contributed by atoms with Crippen molar-refractivity contribution in [1.29, 1.82) is 0 Å². The summed E-state index contributed by atoms with van der Waals surface area (Å²) in [6.45, 7) is 4.05. The number of hydrogen-bond acceptors (Lipinski definition) is 4. The molecule has 1 saturated heterocycles. The van der Waals surface area contributed by atoms with E-state index in [9.17, 15) is 4.79 Å². The van der Waals surface area contributed by atoms with Crippen LogP contribution >= 0.6 is 0 Å². The second kappa shape index (κ2) is 7.38. The molecule has 136 valence electrons. The molecule has 5 heteroatoms. The van der Waals surface area contributed by atoms with Crippen molar-refractivity contribution in [3.8, 4) is 11.5 Å². The van der Waals surface area contributed by atoms with Crippen molar-refractivity contribution in [2.45, 2.75) is 38.4 Å². The Morgan fingerprint density at radius 1 is 1.19 bits per heavy atom. The van der Waals surface area contributed by atoms with Gasteiger partial charge in [0.15, 0.2) is 11.5 Å². The number of likely N-dealkylation sites (tertiary alicyclic amines) is 1. The molecular weight excluding hydrogens is 328 g/mol.